The molecule has 0 unspecified atom stereocenters. The predicted molar refractivity (Wildman–Crippen MR) is 91.4 cm³/mol. The van der Waals surface area contributed by atoms with Gasteiger partial charge in [0.25, 0.3) is 5.91 Å². The van der Waals surface area contributed by atoms with Gasteiger partial charge in [-0.15, -0.1) is 0 Å². The number of carboxylic acid groups (broad SMARTS) is 1. The number of para-hydroxylation sites is 1. The fourth-order valence-corrected chi connectivity index (χ4v) is 2.58. The Bertz CT molecular complexity index is 752. The lowest BCUT2D eigenvalue weighted by Gasteiger charge is -2.20. The summed E-state index contributed by atoms with van der Waals surface area (Å²) in [4.78, 5) is 23.9. The van der Waals surface area contributed by atoms with Crippen LogP contribution in [-0.2, 0) is 4.79 Å². The van der Waals surface area contributed by atoms with Gasteiger partial charge in [0.2, 0.25) is 0 Å². The molecule has 0 radical (unpaired) electrons. The van der Waals surface area contributed by atoms with Gasteiger partial charge in [0.05, 0.1) is 23.1 Å². The van der Waals surface area contributed by atoms with E-state index in [1.807, 2.05) is 45.0 Å². The molecule has 0 spiro atoms. The Balaban J connectivity index is 2.29. The summed E-state index contributed by atoms with van der Waals surface area (Å²) < 4.78 is 1.70. The van der Waals surface area contributed by atoms with E-state index in [0.717, 1.165) is 11.3 Å². The number of hydrogen-bond acceptors (Lipinski definition) is 3. The monoisotopic (exact) mass is 329 g/mol. The Kier molecular flexibility index (Phi) is 5.39. The first-order chi connectivity index (χ1) is 11.4. The van der Waals surface area contributed by atoms with Gasteiger partial charge in [0.1, 0.15) is 6.04 Å². The SMILES string of the molecule is CC[C@H](C)[C@H](NC(=O)c1cnn(-c2ccccc2C)c1C)C(=O)O. The van der Waals surface area contributed by atoms with Crippen molar-refractivity contribution in [2.24, 2.45) is 5.92 Å². The van der Waals surface area contributed by atoms with Gasteiger partial charge >= 0.3 is 5.97 Å². The molecule has 2 atom stereocenters. The van der Waals surface area contributed by atoms with Crippen LogP contribution >= 0.6 is 0 Å². The average Bonchev–Trinajstić information content (AvgIpc) is 2.93. The van der Waals surface area contributed by atoms with E-state index in [1.165, 1.54) is 6.20 Å². The molecule has 0 saturated heterocycles. The molecule has 0 aliphatic carbocycles. The Morgan fingerprint density at radius 2 is 1.96 bits per heavy atom. The summed E-state index contributed by atoms with van der Waals surface area (Å²) in [7, 11) is 0. The highest BCUT2D eigenvalue weighted by atomic mass is 16.4. The molecule has 0 bridgehead atoms. The molecule has 1 amide bonds. The van der Waals surface area contributed by atoms with E-state index in [0.29, 0.717) is 17.7 Å². The molecule has 1 aromatic heterocycles. The van der Waals surface area contributed by atoms with Gasteiger partial charge in [0.15, 0.2) is 0 Å². The van der Waals surface area contributed by atoms with Crippen molar-refractivity contribution in [3.8, 4) is 5.69 Å². The zero-order valence-corrected chi connectivity index (χ0v) is 14.4. The number of hydrogen-bond donors (Lipinski definition) is 2. The number of carboxylic acids is 1. The first-order valence-electron chi connectivity index (χ1n) is 8.01. The van der Waals surface area contributed by atoms with Crippen LogP contribution < -0.4 is 5.32 Å². The van der Waals surface area contributed by atoms with Crippen molar-refractivity contribution >= 4 is 11.9 Å². The van der Waals surface area contributed by atoms with Crippen molar-refractivity contribution in [1.82, 2.24) is 15.1 Å². The van der Waals surface area contributed by atoms with Crippen LogP contribution in [0.3, 0.4) is 0 Å². The van der Waals surface area contributed by atoms with Crippen LogP contribution in [0, 0.1) is 19.8 Å². The number of aromatic nitrogens is 2. The molecule has 0 aliphatic heterocycles. The second-order valence-electron chi connectivity index (χ2n) is 6.02. The number of aliphatic carboxylic acids is 1. The average molecular weight is 329 g/mol. The van der Waals surface area contributed by atoms with Crippen LogP contribution in [0.15, 0.2) is 30.5 Å². The molecular formula is C18H23N3O3. The summed E-state index contributed by atoms with van der Waals surface area (Å²) >= 11 is 0. The van der Waals surface area contributed by atoms with Crippen LogP contribution in [0.4, 0.5) is 0 Å². The second-order valence-corrected chi connectivity index (χ2v) is 6.02. The largest absolute Gasteiger partial charge is 0.480 e. The molecule has 6 nitrogen and oxygen atoms in total. The minimum atomic E-state index is -1.03. The highest BCUT2D eigenvalue weighted by molar-refractivity contribution is 5.97. The van der Waals surface area contributed by atoms with Crippen molar-refractivity contribution in [2.45, 2.75) is 40.2 Å². The standard InChI is InChI=1S/C18H23N3O3/c1-5-11(2)16(18(23)24)20-17(22)14-10-19-21(13(14)4)15-9-7-6-8-12(15)3/h6-11,16H,5H2,1-4H3,(H,20,22)(H,23,24)/t11-,16-/m0/s1. The minimum Gasteiger partial charge on any atom is -0.480 e. The molecule has 2 aromatic rings. The molecule has 0 saturated carbocycles. The second kappa shape index (κ2) is 7.29. The Morgan fingerprint density at radius 3 is 2.54 bits per heavy atom. The van der Waals surface area contributed by atoms with E-state index in [-0.39, 0.29) is 5.92 Å². The maximum absolute atomic E-state index is 12.5. The van der Waals surface area contributed by atoms with E-state index in [1.54, 1.807) is 11.6 Å². The van der Waals surface area contributed by atoms with E-state index >= 15 is 0 Å². The Hall–Kier alpha value is -2.63. The van der Waals surface area contributed by atoms with Gasteiger partial charge in [0, 0.05) is 0 Å². The zero-order chi connectivity index (χ0) is 17.9. The third-order valence-corrected chi connectivity index (χ3v) is 4.36. The molecule has 1 heterocycles. The van der Waals surface area contributed by atoms with E-state index in [2.05, 4.69) is 10.4 Å². The number of amides is 1. The number of nitrogens with zero attached hydrogens (tertiary/aromatic N) is 2. The molecular weight excluding hydrogens is 306 g/mol. The lowest BCUT2D eigenvalue weighted by molar-refractivity contribution is -0.140. The summed E-state index contributed by atoms with van der Waals surface area (Å²) in [6.45, 7) is 7.48. The molecule has 2 N–H and O–H groups in total. The number of rotatable bonds is 6. The minimum absolute atomic E-state index is 0.154. The number of carbonyl (C=O) groups is 2. The lowest BCUT2D eigenvalue weighted by Crippen LogP contribution is -2.45. The molecule has 0 fully saturated rings. The van der Waals surface area contributed by atoms with Crippen molar-refractivity contribution in [3.63, 3.8) is 0 Å². The zero-order valence-electron chi connectivity index (χ0n) is 14.4. The molecule has 6 heteroatoms. The summed E-state index contributed by atoms with van der Waals surface area (Å²) in [6, 6.07) is 6.83. The van der Waals surface area contributed by atoms with Gasteiger partial charge in [-0.1, -0.05) is 38.5 Å². The smallest absolute Gasteiger partial charge is 0.326 e. The first-order valence-corrected chi connectivity index (χ1v) is 8.01. The number of nitrogens with one attached hydrogen (secondary N) is 1. The van der Waals surface area contributed by atoms with Crippen LogP contribution in [0.25, 0.3) is 5.69 Å². The Morgan fingerprint density at radius 1 is 1.29 bits per heavy atom. The van der Waals surface area contributed by atoms with E-state index in [4.69, 9.17) is 0 Å². The van der Waals surface area contributed by atoms with Gasteiger partial charge in [-0.05, 0) is 31.4 Å². The summed E-state index contributed by atoms with van der Waals surface area (Å²) in [5, 5.41) is 16.2. The molecule has 24 heavy (non-hydrogen) atoms. The topological polar surface area (TPSA) is 84.2 Å². The van der Waals surface area contributed by atoms with Crippen LogP contribution in [0.2, 0.25) is 0 Å². The maximum atomic E-state index is 12.5. The highest BCUT2D eigenvalue weighted by Gasteiger charge is 2.27. The fraction of sp³-hybridized carbons (Fsp3) is 0.389. The lowest BCUT2D eigenvalue weighted by atomic mass is 9.99. The van der Waals surface area contributed by atoms with Gasteiger partial charge in [-0.3, -0.25) is 4.79 Å². The third kappa shape index (κ3) is 3.48. The van der Waals surface area contributed by atoms with Crippen molar-refractivity contribution < 1.29 is 14.7 Å². The van der Waals surface area contributed by atoms with Crippen LogP contribution in [-0.4, -0.2) is 32.8 Å². The van der Waals surface area contributed by atoms with Crippen LogP contribution in [0.5, 0.6) is 0 Å². The Labute approximate surface area is 141 Å². The van der Waals surface area contributed by atoms with E-state index < -0.39 is 17.9 Å². The molecule has 1 aromatic carbocycles. The maximum Gasteiger partial charge on any atom is 0.326 e. The molecule has 0 aliphatic rings. The van der Waals surface area contributed by atoms with Crippen molar-refractivity contribution in [1.29, 1.82) is 0 Å². The number of carbonyl (C=O) groups excluding carboxylic acids is 1. The molecule has 128 valence electrons. The van der Waals surface area contributed by atoms with Crippen molar-refractivity contribution in [3.05, 3.63) is 47.3 Å². The van der Waals surface area contributed by atoms with Gasteiger partial charge in [-0.2, -0.15) is 5.10 Å². The first kappa shape index (κ1) is 17.7. The summed E-state index contributed by atoms with van der Waals surface area (Å²) in [6.07, 6.45) is 2.14. The fourth-order valence-electron chi connectivity index (χ4n) is 2.58. The summed E-state index contributed by atoms with van der Waals surface area (Å²) in [5.41, 5.74) is 2.99. The number of benzene rings is 1. The highest BCUT2D eigenvalue weighted by Crippen LogP contribution is 2.18. The normalized spacial score (nSPS) is 13.3. The van der Waals surface area contributed by atoms with Gasteiger partial charge in [-0.25, -0.2) is 9.48 Å². The number of aryl methyl sites for hydroxylation is 1. The van der Waals surface area contributed by atoms with Crippen LogP contribution in [0.1, 0.15) is 41.9 Å². The van der Waals surface area contributed by atoms with Gasteiger partial charge < -0.3 is 10.4 Å². The van der Waals surface area contributed by atoms with E-state index in [9.17, 15) is 14.7 Å². The quantitative estimate of drug-likeness (QED) is 0.853. The molecule has 2 rings (SSSR count). The van der Waals surface area contributed by atoms with Crippen molar-refractivity contribution in [2.75, 3.05) is 0 Å². The third-order valence-electron chi connectivity index (χ3n) is 4.36. The summed E-state index contributed by atoms with van der Waals surface area (Å²) in [5.74, 6) is -1.60. The predicted octanol–water partition coefficient (Wildman–Crippen LogP) is 2.72.